The fourth-order valence-corrected chi connectivity index (χ4v) is 5.48. The van der Waals surface area contributed by atoms with Gasteiger partial charge in [-0.1, -0.05) is 25.7 Å². The Balaban J connectivity index is 1.35. The molecule has 2 saturated heterocycles. The van der Waals surface area contributed by atoms with Gasteiger partial charge in [0.05, 0.1) is 0 Å². The molecule has 1 spiro atoms. The van der Waals surface area contributed by atoms with E-state index in [0.717, 1.165) is 45.1 Å². The number of urea groups is 1. The first-order valence-corrected chi connectivity index (χ1v) is 10.0. The van der Waals surface area contributed by atoms with Gasteiger partial charge in [0, 0.05) is 25.6 Å². The molecule has 0 aromatic carbocycles. The molecule has 0 aromatic rings. The highest BCUT2D eigenvalue weighted by Crippen LogP contribution is 2.37. The summed E-state index contributed by atoms with van der Waals surface area (Å²) in [4.78, 5) is 41.0. The molecule has 1 N–H and O–H groups in total. The van der Waals surface area contributed by atoms with E-state index in [1.807, 2.05) is 4.90 Å². The third kappa shape index (κ3) is 2.93. The van der Waals surface area contributed by atoms with Crippen LogP contribution in [-0.2, 0) is 9.59 Å². The van der Waals surface area contributed by atoms with Gasteiger partial charge in [-0.2, -0.15) is 0 Å². The standard InChI is InChI=1S/C19H29N3O3/c23-16(21-12-5-8-15(21)14-6-1-2-7-14)9-13-22-17(24)19(20-18(22)25)10-3-4-11-19/h14-15H,1-13H2,(H,20,25). The number of amides is 4. The van der Waals surface area contributed by atoms with Crippen LogP contribution in [-0.4, -0.2) is 52.3 Å². The molecule has 6 nitrogen and oxygen atoms in total. The van der Waals surface area contributed by atoms with Crippen LogP contribution in [0.2, 0.25) is 0 Å². The maximum Gasteiger partial charge on any atom is 0.325 e. The van der Waals surface area contributed by atoms with Crippen LogP contribution >= 0.6 is 0 Å². The first kappa shape index (κ1) is 16.9. The zero-order chi connectivity index (χ0) is 17.4. The first-order chi connectivity index (χ1) is 12.1. The van der Waals surface area contributed by atoms with Crippen LogP contribution < -0.4 is 5.32 Å². The monoisotopic (exact) mass is 347 g/mol. The van der Waals surface area contributed by atoms with Gasteiger partial charge in [-0.3, -0.25) is 14.5 Å². The van der Waals surface area contributed by atoms with Crippen LogP contribution in [0.25, 0.3) is 0 Å². The summed E-state index contributed by atoms with van der Waals surface area (Å²) in [5.41, 5.74) is -0.667. The minimum absolute atomic E-state index is 0.113. The van der Waals surface area contributed by atoms with E-state index < -0.39 is 5.54 Å². The van der Waals surface area contributed by atoms with Crippen LogP contribution in [0, 0.1) is 5.92 Å². The number of rotatable bonds is 4. The number of hydrogen-bond donors (Lipinski definition) is 1. The molecule has 2 aliphatic carbocycles. The topological polar surface area (TPSA) is 69.7 Å². The largest absolute Gasteiger partial charge is 0.339 e. The zero-order valence-corrected chi connectivity index (χ0v) is 15.0. The normalized spacial score (nSPS) is 29.2. The smallest absolute Gasteiger partial charge is 0.325 e. The summed E-state index contributed by atoms with van der Waals surface area (Å²) in [6, 6.07) is 0.0766. The van der Waals surface area contributed by atoms with Crippen molar-refractivity contribution in [2.24, 2.45) is 5.92 Å². The number of hydrogen-bond acceptors (Lipinski definition) is 3. The number of imide groups is 1. The van der Waals surface area contributed by atoms with Gasteiger partial charge in [-0.15, -0.1) is 0 Å². The van der Waals surface area contributed by atoms with E-state index in [2.05, 4.69) is 5.32 Å². The second-order valence-corrected chi connectivity index (χ2v) is 8.27. The Morgan fingerprint density at radius 3 is 2.48 bits per heavy atom. The fraction of sp³-hybridized carbons (Fsp3) is 0.842. The van der Waals surface area contributed by atoms with Crippen LogP contribution in [0.5, 0.6) is 0 Å². The van der Waals surface area contributed by atoms with Crippen molar-refractivity contribution in [2.45, 2.75) is 82.2 Å². The molecule has 0 radical (unpaired) electrons. The Hall–Kier alpha value is -1.59. The summed E-state index contributed by atoms with van der Waals surface area (Å²) in [5.74, 6) is 0.656. The summed E-state index contributed by atoms with van der Waals surface area (Å²) in [5, 5.41) is 2.89. The average molecular weight is 347 g/mol. The Morgan fingerprint density at radius 2 is 1.76 bits per heavy atom. The lowest BCUT2D eigenvalue weighted by atomic mass is 9.96. The van der Waals surface area contributed by atoms with Gasteiger partial charge in [0.25, 0.3) is 5.91 Å². The minimum atomic E-state index is -0.667. The number of carbonyl (C=O) groups excluding carboxylic acids is 3. The van der Waals surface area contributed by atoms with Crippen molar-refractivity contribution in [3.05, 3.63) is 0 Å². The fourth-order valence-electron chi connectivity index (χ4n) is 5.48. The molecule has 4 rings (SSSR count). The average Bonchev–Trinajstić information content (AvgIpc) is 3.36. The van der Waals surface area contributed by atoms with Gasteiger partial charge in [0.15, 0.2) is 0 Å². The third-order valence-corrected chi connectivity index (χ3v) is 6.82. The zero-order valence-electron chi connectivity index (χ0n) is 15.0. The van der Waals surface area contributed by atoms with Crippen LogP contribution in [0.3, 0.4) is 0 Å². The SMILES string of the molecule is O=C1NC2(CCCC2)C(=O)N1CCC(=O)N1CCCC1C1CCCC1. The Bertz CT molecular complexity index is 564. The molecular formula is C19H29N3O3. The predicted octanol–water partition coefficient (Wildman–Crippen LogP) is 2.42. The van der Waals surface area contributed by atoms with Crippen molar-refractivity contribution >= 4 is 17.8 Å². The molecule has 4 amide bonds. The van der Waals surface area contributed by atoms with E-state index in [0.29, 0.717) is 12.0 Å². The van der Waals surface area contributed by atoms with Gasteiger partial charge in [-0.25, -0.2) is 4.79 Å². The number of carbonyl (C=O) groups is 3. The van der Waals surface area contributed by atoms with E-state index in [1.54, 1.807) is 0 Å². The molecule has 1 unspecified atom stereocenters. The molecule has 25 heavy (non-hydrogen) atoms. The quantitative estimate of drug-likeness (QED) is 0.794. The van der Waals surface area contributed by atoms with Gasteiger partial charge in [0.2, 0.25) is 5.91 Å². The van der Waals surface area contributed by atoms with Gasteiger partial charge < -0.3 is 10.2 Å². The van der Waals surface area contributed by atoms with Crippen LogP contribution in [0.1, 0.15) is 70.6 Å². The molecule has 0 bridgehead atoms. The van der Waals surface area contributed by atoms with E-state index in [4.69, 9.17) is 0 Å². The van der Waals surface area contributed by atoms with Gasteiger partial charge in [0.1, 0.15) is 5.54 Å². The third-order valence-electron chi connectivity index (χ3n) is 6.82. The Kier molecular flexibility index (Phi) is 4.46. The second kappa shape index (κ2) is 6.61. The predicted molar refractivity (Wildman–Crippen MR) is 92.8 cm³/mol. The van der Waals surface area contributed by atoms with E-state index in [-0.39, 0.29) is 30.8 Å². The van der Waals surface area contributed by atoms with Crippen LogP contribution in [0.4, 0.5) is 4.79 Å². The molecule has 4 fully saturated rings. The molecule has 2 aliphatic heterocycles. The number of nitrogens with zero attached hydrogens (tertiary/aromatic N) is 2. The lowest BCUT2D eigenvalue weighted by Crippen LogP contribution is -2.44. The van der Waals surface area contributed by atoms with Gasteiger partial charge in [-0.05, 0) is 44.4 Å². The molecule has 2 heterocycles. The van der Waals surface area contributed by atoms with E-state index in [1.165, 1.54) is 30.6 Å². The summed E-state index contributed by atoms with van der Waals surface area (Å²) < 4.78 is 0. The lowest BCUT2D eigenvalue weighted by molar-refractivity contribution is -0.134. The van der Waals surface area contributed by atoms with Crippen molar-refractivity contribution in [1.29, 1.82) is 0 Å². The second-order valence-electron chi connectivity index (χ2n) is 8.27. The molecule has 1 atom stereocenters. The number of nitrogens with one attached hydrogen (secondary N) is 1. The van der Waals surface area contributed by atoms with E-state index in [9.17, 15) is 14.4 Å². The molecule has 6 heteroatoms. The molecule has 138 valence electrons. The summed E-state index contributed by atoms with van der Waals surface area (Å²) in [6.45, 7) is 1.06. The Morgan fingerprint density at radius 1 is 1.04 bits per heavy atom. The molecule has 4 aliphatic rings. The van der Waals surface area contributed by atoms with Crippen molar-refractivity contribution in [2.75, 3.05) is 13.1 Å². The highest BCUT2D eigenvalue weighted by molar-refractivity contribution is 6.07. The van der Waals surface area contributed by atoms with Gasteiger partial charge >= 0.3 is 6.03 Å². The molecular weight excluding hydrogens is 318 g/mol. The first-order valence-electron chi connectivity index (χ1n) is 10.0. The molecule has 2 saturated carbocycles. The van der Waals surface area contributed by atoms with E-state index >= 15 is 0 Å². The van der Waals surface area contributed by atoms with Crippen molar-refractivity contribution < 1.29 is 14.4 Å². The maximum atomic E-state index is 12.8. The summed E-state index contributed by atoms with van der Waals surface area (Å²) in [6.07, 6.45) is 10.9. The highest BCUT2D eigenvalue weighted by atomic mass is 16.2. The van der Waals surface area contributed by atoms with Crippen molar-refractivity contribution in [3.8, 4) is 0 Å². The summed E-state index contributed by atoms with van der Waals surface area (Å²) >= 11 is 0. The molecule has 0 aromatic heterocycles. The Labute approximate surface area is 149 Å². The van der Waals surface area contributed by atoms with Crippen molar-refractivity contribution in [3.63, 3.8) is 0 Å². The maximum absolute atomic E-state index is 12.8. The summed E-state index contributed by atoms with van der Waals surface area (Å²) in [7, 11) is 0. The lowest BCUT2D eigenvalue weighted by Gasteiger charge is -2.30. The highest BCUT2D eigenvalue weighted by Gasteiger charge is 2.52. The minimum Gasteiger partial charge on any atom is -0.339 e. The van der Waals surface area contributed by atoms with Crippen molar-refractivity contribution in [1.82, 2.24) is 15.1 Å². The van der Waals surface area contributed by atoms with Crippen LogP contribution in [0.15, 0.2) is 0 Å². The number of likely N-dealkylation sites (tertiary alicyclic amines) is 1.